The molecule has 0 bridgehead atoms. The highest BCUT2D eigenvalue weighted by Gasteiger charge is 2.13. The Morgan fingerprint density at radius 1 is 1.69 bits per heavy atom. The zero-order valence-electron chi connectivity index (χ0n) is 8.77. The third kappa shape index (κ3) is 3.46. The SMILES string of the molecule is CC(CCO)Nc1ncc(Br)cc1C(=O)O. The van der Waals surface area contributed by atoms with Crippen molar-refractivity contribution < 1.29 is 15.0 Å². The fourth-order valence-corrected chi connectivity index (χ4v) is 1.55. The van der Waals surface area contributed by atoms with Crippen LogP contribution in [-0.4, -0.2) is 33.8 Å². The van der Waals surface area contributed by atoms with E-state index in [9.17, 15) is 4.79 Å². The summed E-state index contributed by atoms with van der Waals surface area (Å²) in [6.07, 6.45) is 2.07. The number of pyridine rings is 1. The van der Waals surface area contributed by atoms with Crippen LogP contribution in [0, 0.1) is 0 Å². The number of carboxylic acid groups (broad SMARTS) is 1. The van der Waals surface area contributed by atoms with Crippen LogP contribution in [0.15, 0.2) is 16.7 Å². The first kappa shape index (κ1) is 12.9. The minimum absolute atomic E-state index is 0.0308. The molecule has 6 heteroatoms. The second kappa shape index (κ2) is 5.81. The van der Waals surface area contributed by atoms with E-state index in [1.807, 2.05) is 6.92 Å². The van der Waals surface area contributed by atoms with Crippen LogP contribution in [0.2, 0.25) is 0 Å². The Kier molecular flexibility index (Phi) is 4.70. The molecule has 0 aromatic carbocycles. The summed E-state index contributed by atoms with van der Waals surface area (Å²) in [5.74, 6) is -0.718. The number of aliphatic hydroxyl groups is 1. The molecule has 5 nitrogen and oxygen atoms in total. The maximum Gasteiger partial charge on any atom is 0.339 e. The lowest BCUT2D eigenvalue weighted by atomic mass is 10.2. The molecule has 1 heterocycles. The smallest absolute Gasteiger partial charge is 0.339 e. The van der Waals surface area contributed by atoms with Crippen LogP contribution < -0.4 is 5.32 Å². The third-order valence-corrected chi connectivity index (χ3v) is 2.46. The zero-order valence-corrected chi connectivity index (χ0v) is 10.4. The predicted octanol–water partition coefficient (Wildman–Crippen LogP) is 1.73. The summed E-state index contributed by atoms with van der Waals surface area (Å²) in [5, 5.41) is 20.7. The van der Waals surface area contributed by atoms with Gasteiger partial charge in [-0.2, -0.15) is 0 Å². The molecule has 88 valence electrons. The second-order valence-electron chi connectivity index (χ2n) is 3.41. The van der Waals surface area contributed by atoms with Crippen molar-refractivity contribution >= 4 is 27.7 Å². The van der Waals surface area contributed by atoms with Gasteiger partial charge in [-0.15, -0.1) is 0 Å². The van der Waals surface area contributed by atoms with E-state index in [0.29, 0.717) is 16.7 Å². The van der Waals surface area contributed by atoms with Crippen LogP contribution in [0.4, 0.5) is 5.82 Å². The number of aliphatic hydroxyl groups excluding tert-OH is 1. The molecule has 0 fully saturated rings. The average molecular weight is 289 g/mol. The number of hydrogen-bond donors (Lipinski definition) is 3. The molecule has 0 spiro atoms. The number of nitrogens with one attached hydrogen (secondary N) is 1. The van der Waals surface area contributed by atoms with Crippen LogP contribution in [0.5, 0.6) is 0 Å². The summed E-state index contributed by atoms with van der Waals surface area (Å²) in [6, 6.07) is 1.46. The fourth-order valence-electron chi connectivity index (χ4n) is 1.22. The quantitative estimate of drug-likeness (QED) is 0.769. The number of aromatic nitrogens is 1. The molecule has 0 aliphatic carbocycles. The van der Waals surface area contributed by atoms with E-state index in [-0.39, 0.29) is 18.2 Å². The maximum atomic E-state index is 11.0. The number of hydrogen-bond acceptors (Lipinski definition) is 4. The molecule has 3 N–H and O–H groups in total. The van der Waals surface area contributed by atoms with Crippen molar-refractivity contribution in [2.75, 3.05) is 11.9 Å². The van der Waals surface area contributed by atoms with Gasteiger partial charge >= 0.3 is 5.97 Å². The minimum Gasteiger partial charge on any atom is -0.478 e. The third-order valence-electron chi connectivity index (χ3n) is 2.03. The van der Waals surface area contributed by atoms with Gasteiger partial charge in [0.1, 0.15) is 11.4 Å². The van der Waals surface area contributed by atoms with E-state index < -0.39 is 5.97 Å². The van der Waals surface area contributed by atoms with Gasteiger partial charge in [-0.1, -0.05) is 0 Å². The van der Waals surface area contributed by atoms with E-state index in [2.05, 4.69) is 26.2 Å². The van der Waals surface area contributed by atoms with Crippen molar-refractivity contribution in [1.29, 1.82) is 0 Å². The Labute approximate surface area is 102 Å². The molecule has 1 unspecified atom stereocenters. The Morgan fingerprint density at radius 2 is 2.38 bits per heavy atom. The van der Waals surface area contributed by atoms with Crippen molar-refractivity contribution in [3.05, 3.63) is 22.3 Å². The highest BCUT2D eigenvalue weighted by Crippen LogP contribution is 2.19. The van der Waals surface area contributed by atoms with E-state index in [4.69, 9.17) is 10.2 Å². The summed E-state index contributed by atoms with van der Waals surface area (Å²) in [5.41, 5.74) is 0.110. The molecule has 1 atom stereocenters. The van der Waals surface area contributed by atoms with Crippen LogP contribution in [-0.2, 0) is 0 Å². The number of aromatic carboxylic acids is 1. The standard InChI is InChI=1S/C10H13BrN2O3/c1-6(2-3-14)13-9-8(10(15)16)4-7(11)5-12-9/h4-6,14H,2-3H2,1H3,(H,12,13)(H,15,16). The van der Waals surface area contributed by atoms with Crippen molar-refractivity contribution in [2.45, 2.75) is 19.4 Å². The van der Waals surface area contributed by atoms with Gasteiger partial charge in [-0.3, -0.25) is 0 Å². The lowest BCUT2D eigenvalue weighted by Crippen LogP contribution is -2.19. The first-order valence-corrected chi connectivity index (χ1v) is 5.60. The number of rotatable bonds is 5. The highest BCUT2D eigenvalue weighted by molar-refractivity contribution is 9.10. The van der Waals surface area contributed by atoms with E-state index >= 15 is 0 Å². The van der Waals surface area contributed by atoms with Gasteiger partial charge in [0.15, 0.2) is 0 Å². The summed E-state index contributed by atoms with van der Waals surface area (Å²) in [6.45, 7) is 1.90. The first-order valence-electron chi connectivity index (χ1n) is 4.81. The number of carboxylic acids is 1. The molecule has 1 rings (SSSR count). The van der Waals surface area contributed by atoms with Gasteiger partial charge in [0.05, 0.1) is 0 Å². The molecule has 0 saturated heterocycles. The largest absolute Gasteiger partial charge is 0.478 e. The average Bonchev–Trinajstić information content (AvgIpc) is 2.20. The fraction of sp³-hybridized carbons (Fsp3) is 0.400. The van der Waals surface area contributed by atoms with Crippen molar-refractivity contribution in [3.63, 3.8) is 0 Å². The Hall–Kier alpha value is -1.14. The van der Waals surface area contributed by atoms with Gasteiger partial charge in [0.2, 0.25) is 0 Å². The molecule has 16 heavy (non-hydrogen) atoms. The highest BCUT2D eigenvalue weighted by atomic mass is 79.9. The van der Waals surface area contributed by atoms with Crippen LogP contribution in [0.1, 0.15) is 23.7 Å². The van der Waals surface area contributed by atoms with E-state index in [0.717, 1.165) is 0 Å². The molecule has 0 saturated carbocycles. The topological polar surface area (TPSA) is 82.5 Å². The first-order chi connectivity index (χ1) is 7.54. The van der Waals surface area contributed by atoms with Crippen LogP contribution in [0.25, 0.3) is 0 Å². The number of anilines is 1. The normalized spacial score (nSPS) is 12.2. The molecule has 0 amide bonds. The second-order valence-corrected chi connectivity index (χ2v) is 4.33. The number of carbonyl (C=O) groups is 1. The van der Waals surface area contributed by atoms with Crippen molar-refractivity contribution in [1.82, 2.24) is 4.98 Å². The van der Waals surface area contributed by atoms with E-state index in [1.54, 1.807) is 0 Å². The molecule has 1 aromatic rings. The Morgan fingerprint density at radius 3 is 2.94 bits per heavy atom. The summed E-state index contributed by atoms with van der Waals surface area (Å²) in [4.78, 5) is 15.0. The lowest BCUT2D eigenvalue weighted by molar-refractivity contribution is 0.0697. The van der Waals surface area contributed by atoms with Gasteiger partial charge in [0, 0.05) is 23.3 Å². The van der Waals surface area contributed by atoms with Gasteiger partial charge in [-0.05, 0) is 35.3 Å². The lowest BCUT2D eigenvalue weighted by Gasteiger charge is -2.14. The minimum atomic E-state index is -1.03. The summed E-state index contributed by atoms with van der Waals surface area (Å²) in [7, 11) is 0. The van der Waals surface area contributed by atoms with Crippen LogP contribution in [0.3, 0.4) is 0 Å². The number of nitrogens with zero attached hydrogens (tertiary/aromatic N) is 1. The van der Waals surface area contributed by atoms with E-state index in [1.165, 1.54) is 12.3 Å². The zero-order chi connectivity index (χ0) is 12.1. The summed E-state index contributed by atoms with van der Waals surface area (Å²) >= 11 is 3.17. The van der Waals surface area contributed by atoms with Gasteiger partial charge < -0.3 is 15.5 Å². The molecule has 0 aliphatic heterocycles. The summed E-state index contributed by atoms with van der Waals surface area (Å²) < 4.78 is 0.616. The molecular weight excluding hydrogens is 276 g/mol. The number of halogens is 1. The molecule has 0 aliphatic rings. The molecule has 1 aromatic heterocycles. The Balaban J connectivity index is 2.90. The van der Waals surface area contributed by atoms with Crippen molar-refractivity contribution in [3.8, 4) is 0 Å². The van der Waals surface area contributed by atoms with Gasteiger partial charge in [-0.25, -0.2) is 9.78 Å². The van der Waals surface area contributed by atoms with Crippen LogP contribution >= 0.6 is 15.9 Å². The maximum absolute atomic E-state index is 11.0. The van der Waals surface area contributed by atoms with Crippen molar-refractivity contribution in [2.24, 2.45) is 0 Å². The Bertz CT molecular complexity index is 384. The molecule has 0 radical (unpaired) electrons. The monoisotopic (exact) mass is 288 g/mol. The predicted molar refractivity (Wildman–Crippen MR) is 63.7 cm³/mol. The van der Waals surface area contributed by atoms with Gasteiger partial charge in [0.25, 0.3) is 0 Å². The molecular formula is C10H13BrN2O3.